The molecule has 4 nitrogen and oxygen atoms in total. The molecule has 2 aliphatic rings. The first kappa shape index (κ1) is 13.8. The van der Waals surface area contributed by atoms with Gasteiger partial charge < -0.3 is 15.1 Å². The zero-order valence-electron chi connectivity index (χ0n) is 11.8. The number of piperidine rings is 2. The van der Waals surface area contributed by atoms with E-state index < -0.39 is 0 Å². The molecule has 18 heavy (non-hydrogen) atoms. The van der Waals surface area contributed by atoms with Gasteiger partial charge in [-0.2, -0.15) is 0 Å². The van der Waals surface area contributed by atoms with Gasteiger partial charge in [0.2, 0.25) is 5.91 Å². The predicted octanol–water partition coefficient (Wildman–Crippen LogP) is 0.929. The van der Waals surface area contributed by atoms with Crippen molar-refractivity contribution in [3.05, 3.63) is 0 Å². The van der Waals surface area contributed by atoms with Crippen LogP contribution in [0.2, 0.25) is 0 Å². The Hall–Kier alpha value is -0.610. The minimum Gasteiger partial charge on any atom is -0.343 e. The lowest BCUT2D eigenvalue weighted by Crippen LogP contribution is -2.45. The number of hydrogen-bond donors (Lipinski definition) is 1. The third kappa shape index (κ3) is 3.69. The first-order valence-electron chi connectivity index (χ1n) is 7.34. The molecule has 1 amide bonds. The molecule has 0 aromatic rings. The zero-order chi connectivity index (χ0) is 13.0. The summed E-state index contributed by atoms with van der Waals surface area (Å²) in [6, 6.07) is 0.723. The number of carbonyl (C=O) groups is 1. The van der Waals surface area contributed by atoms with Gasteiger partial charge in [0.1, 0.15) is 0 Å². The molecule has 1 N–H and O–H groups in total. The van der Waals surface area contributed by atoms with Crippen molar-refractivity contribution in [2.24, 2.45) is 5.92 Å². The van der Waals surface area contributed by atoms with Crippen molar-refractivity contribution in [3.8, 4) is 0 Å². The summed E-state index contributed by atoms with van der Waals surface area (Å²) in [5, 5.41) is 3.38. The Labute approximate surface area is 111 Å². The second-order valence-corrected chi connectivity index (χ2v) is 5.81. The van der Waals surface area contributed by atoms with Crippen LogP contribution in [-0.2, 0) is 4.79 Å². The maximum absolute atomic E-state index is 11.3. The van der Waals surface area contributed by atoms with Gasteiger partial charge in [-0.25, -0.2) is 0 Å². The first-order chi connectivity index (χ1) is 8.69. The molecule has 0 aromatic heterocycles. The van der Waals surface area contributed by atoms with E-state index in [0.717, 1.165) is 25.0 Å². The Kier molecular flexibility index (Phi) is 5.01. The molecule has 0 saturated carbocycles. The molecule has 0 aliphatic carbocycles. The fourth-order valence-corrected chi connectivity index (χ4v) is 3.20. The molecule has 2 fully saturated rings. The monoisotopic (exact) mass is 253 g/mol. The van der Waals surface area contributed by atoms with Crippen LogP contribution in [0, 0.1) is 5.92 Å². The van der Waals surface area contributed by atoms with Gasteiger partial charge in [0.25, 0.3) is 0 Å². The van der Waals surface area contributed by atoms with Crippen LogP contribution < -0.4 is 5.32 Å². The van der Waals surface area contributed by atoms with E-state index in [1.165, 1.54) is 45.3 Å². The fraction of sp³-hybridized carbons (Fsp3) is 0.929. The Bertz CT molecular complexity index is 266. The lowest BCUT2D eigenvalue weighted by Gasteiger charge is -2.37. The molecular weight excluding hydrogens is 226 g/mol. The highest BCUT2D eigenvalue weighted by Crippen LogP contribution is 2.20. The van der Waals surface area contributed by atoms with Crippen molar-refractivity contribution in [2.75, 3.05) is 39.8 Å². The summed E-state index contributed by atoms with van der Waals surface area (Å²) in [5.74, 6) is 1.04. The van der Waals surface area contributed by atoms with Crippen molar-refractivity contribution in [3.63, 3.8) is 0 Å². The van der Waals surface area contributed by atoms with Crippen molar-refractivity contribution in [2.45, 2.75) is 38.6 Å². The fourth-order valence-electron chi connectivity index (χ4n) is 3.20. The second-order valence-electron chi connectivity index (χ2n) is 5.81. The number of nitrogens with zero attached hydrogens (tertiary/aromatic N) is 2. The van der Waals surface area contributed by atoms with Crippen molar-refractivity contribution in [1.29, 1.82) is 0 Å². The van der Waals surface area contributed by atoms with Crippen LogP contribution in [0.5, 0.6) is 0 Å². The van der Waals surface area contributed by atoms with E-state index in [9.17, 15) is 4.79 Å². The number of likely N-dealkylation sites (tertiary alicyclic amines) is 2. The maximum Gasteiger partial charge on any atom is 0.219 e. The second kappa shape index (κ2) is 6.53. The molecule has 2 saturated heterocycles. The molecular formula is C14H27N3O. The van der Waals surface area contributed by atoms with Crippen LogP contribution in [0.1, 0.15) is 32.6 Å². The van der Waals surface area contributed by atoms with Crippen LogP contribution in [0.4, 0.5) is 0 Å². The summed E-state index contributed by atoms with van der Waals surface area (Å²) >= 11 is 0. The summed E-state index contributed by atoms with van der Waals surface area (Å²) in [7, 11) is 2.07. The molecule has 0 spiro atoms. The zero-order valence-corrected chi connectivity index (χ0v) is 11.8. The average molecular weight is 253 g/mol. The van der Waals surface area contributed by atoms with E-state index in [2.05, 4.69) is 17.3 Å². The summed E-state index contributed by atoms with van der Waals surface area (Å²) < 4.78 is 0. The van der Waals surface area contributed by atoms with Gasteiger partial charge in [-0.1, -0.05) is 0 Å². The molecule has 0 radical (unpaired) electrons. The minimum atomic E-state index is 0.239. The predicted molar refractivity (Wildman–Crippen MR) is 73.5 cm³/mol. The Morgan fingerprint density at radius 3 is 2.22 bits per heavy atom. The van der Waals surface area contributed by atoms with Gasteiger partial charge in [0, 0.05) is 32.6 Å². The quantitative estimate of drug-likeness (QED) is 0.813. The van der Waals surface area contributed by atoms with Crippen molar-refractivity contribution >= 4 is 5.91 Å². The summed E-state index contributed by atoms with van der Waals surface area (Å²) in [6.07, 6.45) is 4.93. The SMILES string of the molecule is CNC1CCN(CC2CCN(C(C)=O)CC2)CC1. The average Bonchev–Trinajstić information content (AvgIpc) is 2.40. The standard InChI is InChI=1S/C14H27N3O/c1-12(18)17-9-3-13(4-10-17)11-16-7-5-14(15-2)6-8-16/h13-15H,3-11H2,1-2H3. The first-order valence-corrected chi connectivity index (χ1v) is 7.34. The van der Waals surface area contributed by atoms with E-state index in [-0.39, 0.29) is 5.91 Å². The highest BCUT2D eigenvalue weighted by atomic mass is 16.2. The highest BCUT2D eigenvalue weighted by molar-refractivity contribution is 5.73. The molecule has 2 aliphatic heterocycles. The van der Waals surface area contributed by atoms with E-state index in [4.69, 9.17) is 0 Å². The van der Waals surface area contributed by atoms with E-state index in [1.54, 1.807) is 6.92 Å². The normalized spacial score (nSPS) is 24.4. The van der Waals surface area contributed by atoms with Crippen LogP contribution in [0.3, 0.4) is 0 Å². The molecule has 0 unspecified atom stereocenters. The Morgan fingerprint density at radius 1 is 1.11 bits per heavy atom. The van der Waals surface area contributed by atoms with Gasteiger partial charge in [-0.3, -0.25) is 4.79 Å². The molecule has 0 atom stereocenters. The van der Waals surface area contributed by atoms with Crippen molar-refractivity contribution in [1.82, 2.24) is 15.1 Å². The van der Waals surface area contributed by atoms with Crippen LogP contribution in [-0.4, -0.2) is 61.5 Å². The molecule has 0 aromatic carbocycles. The molecule has 2 heterocycles. The topological polar surface area (TPSA) is 35.6 Å². The highest BCUT2D eigenvalue weighted by Gasteiger charge is 2.24. The Balaban J connectivity index is 1.67. The summed E-state index contributed by atoms with van der Waals surface area (Å²) in [5.41, 5.74) is 0. The number of rotatable bonds is 3. The number of nitrogens with one attached hydrogen (secondary N) is 1. The molecule has 4 heteroatoms. The van der Waals surface area contributed by atoms with Gasteiger partial charge in [0.15, 0.2) is 0 Å². The van der Waals surface area contributed by atoms with Crippen LogP contribution in [0.15, 0.2) is 0 Å². The maximum atomic E-state index is 11.3. The third-order valence-electron chi connectivity index (χ3n) is 4.57. The number of carbonyl (C=O) groups excluding carboxylic acids is 1. The lowest BCUT2D eigenvalue weighted by atomic mass is 9.94. The lowest BCUT2D eigenvalue weighted by molar-refractivity contribution is -0.130. The van der Waals surface area contributed by atoms with E-state index in [0.29, 0.717) is 0 Å². The largest absolute Gasteiger partial charge is 0.343 e. The Morgan fingerprint density at radius 2 is 1.72 bits per heavy atom. The van der Waals surface area contributed by atoms with Crippen LogP contribution >= 0.6 is 0 Å². The number of amides is 1. The van der Waals surface area contributed by atoms with Gasteiger partial charge in [-0.05, 0) is 51.7 Å². The van der Waals surface area contributed by atoms with Gasteiger partial charge in [-0.15, -0.1) is 0 Å². The smallest absolute Gasteiger partial charge is 0.219 e. The molecule has 2 rings (SSSR count). The summed E-state index contributed by atoms with van der Waals surface area (Å²) in [4.78, 5) is 15.9. The third-order valence-corrected chi connectivity index (χ3v) is 4.57. The molecule has 104 valence electrons. The van der Waals surface area contributed by atoms with E-state index >= 15 is 0 Å². The van der Waals surface area contributed by atoms with Crippen molar-refractivity contribution < 1.29 is 4.79 Å². The molecule has 0 bridgehead atoms. The summed E-state index contributed by atoms with van der Waals surface area (Å²) in [6.45, 7) is 7.32. The van der Waals surface area contributed by atoms with Crippen LogP contribution in [0.25, 0.3) is 0 Å². The minimum absolute atomic E-state index is 0.239. The number of hydrogen-bond acceptors (Lipinski definition) is 3. The van der Waals surface area contributed by atoms with Gasteiger partial charge >= 0.3 is 0 Å². The van der Waals surface area contributed by atoms with Gasteiger partial charge in [0.05, 0.1) is 0 Å². The van der Waals surface area contributed by atoms with E-state index in [1.807, 2.05) is 4.90 Å².